The first-order chi connectivity index (χ1) is 9.49. The third-order valence-electron chi connectivity index (χ3n) is 2.86. The molecule has 0 aliphatic carbocycles. The summed E-state index contributed by atoms with van der Waals surface area (Å²) in [6, 6.07) is 9.71. The predicted molar refractivity (Wildman–Crippen MR) is 75.3 cm³/mol. The van der Waals surface area contributed by atoms with Gasteiger partial charge < -0.3 is 5.11 Å². The van der Waals surface area contributed by atoms with Gasteiger partial charge >= 0.3 is 0 Å². The van der Waals surface area contributed by atoms with Crippen LogP contribution in [0.5, 0.6) is 0 Å². The van der Waals surface area contributed by atoms with Crippen LogP contribution in [0.3, 0.4) is 0 Å². The fourth-order valence-corrected chi connectivity index (χ4v) is 2.71. The van der Waals surface area contributed by atoms with E-state index < -0.39 is 16.1 Å². The molecule has 1 aromatic heterocycles. The fourth-order valence-electron chi connectivity index (χ4n) is 1.69. The van der Waals surface area contributed by atoms with Crippen molar-refractivity contribution in [2.24, 2.45) is 0 Å². The second-order valence-corrected chi connectivity index (χ2v) is 6.20. The Balaban J connectivity index is 2.10. The highest BCUT2D eigenvalue weighted by Gasteiger charge is 2.14. The minimum Gasteiger partial charge on any atom is -0.389 e. The Morgan fingerprint density at radius 3 is 2.50 bits per heavy atom. The summed E-state index contributed by atoms with van der Waals surface area (Å²) in [6.07, 6.45) is 2.63. The number of nitrogens with zero attached hydrogens (tertiary/aromatic N) is 1. The molecule has 2 aromatic rings. The molecule has 0 bridgehead atoms. The summed E-state index contributed by atoms with van der Waals surface area (Å²) in [7, 11) is -3.56. The second kappa shape index (κ2) is 6.13. The number of sulfonamides is 1. The second-order valence-electron chi connectivity index (χ2n) is 4.43. The standard InChI is InChI=1S/C14H16N2O3S/c1-11(17)13-4-6-14(7-5-13)20(18,19)16-10-12-3-2-8-15-9-12/h2-9,11,16-17H,10H2,1H3. The van der Waals surface area contributed by atoms with Crippen molar-refractivity contribution in [3.63, 3.8) is 0 Å². The Morgan fingerprint density at radius 1 is 1.25 bits per heavy atom. The molecule has 0 aliphatic rings. The van der Waals surface area contributed by atoms with Crippen LogP contribution in [0, 0.1) is 0 Å². The van der Waals surface area contributed by atoms with Gasteiger partial charge in [-0.25, -0.2) is 13.1 Å². The zero-order valence-corrected chi connectivity index (χ0v) is 11.8. The van der Waals surface area contributed by atoms with E-state index in [2.05, 4.69) is 9.71 Å². The maximum atomic E-state index is 12.1. The molecule has 20 heavy (non-hydrogen) atoms. The van der Waals surface area contributed by atoms with E-state index in [0.717, 1.165) is 5.56 Å². The van der Waals surface area contributed by atoms with Gasteiger partial charge in [0, 0.05) is 18.9 Å². The van der Waals surface area contributed by atoms with E-state index in [1.807, 2.05) is 0 Å². The Bertz CT molecular complexity index is 653. The van der Waals surface area contributed by atoms with Gasteiger partial charge in [0.15, 0.2) is 0 Å². The lowest BCUT2D eigenvalue weighted by Crippen LogP contribution is -2.23. The van der Waals surface area contributed by atoms with Crippen molar-refractivity contribution < 1.29 is 13.5 Å². The summed E-state index contributed by atoms with van der Waals surface area (Å²) in [4.78, 5) is 4.10. The van der Waals surface area contributed by atoms with Crippen LogP contribution in [0.4, 0.5) is 0 Å². The summed E-state index contributed by atoms with van der Waals surface area (Å²) in [6.45, 7) is 1.82. The highest BCUT2D eigenvalue weighted by atomic mass is 32.2. The molecular formula is C14H16N2O3S. The van der Waals surface area contributed by atoms with Crippen molar-refractivity contribution in [3.05, 3.63) is 59.9 Å². The molecule has 106 valence electrons. The Hall–Kier alpha value is -1.76. The van der Waals surface area contributed by atoms with Crippen molar-refractivity contribution in [2.45, 2.75) is 24.5 Å². The highest BCUT2D eigenvalue weighted by Crippen LogP contribution is 2.16. The Kier molecular flexibility index (Phi) is 4.49. The molecule has 0 radical (unpaired) electrons. The number of aliphatic hydroxyl groups is 1. The number of nitrogens with one attached hydrogen (secondary N) is 1. The van der Waals surface area contributed by atoms with Gasteiger partial charge in [0.05, 0.1) is 11.0 Å². The SMILES string of the molecule is CC(O)c1ccc(S(=O)(=O)NCc2cccnc2)cc1. The Labute approximate surface area is 118 Å². The number of benzene rings is 1. The summed E-state index contributed by atoms with van der Waals surface area (Å²) < 4.78 is 26.7. The number of hydrogen-bond donors (Lipinski definition) is 2. The third kappa shape index (κ3) is 3.63. The van der Waals surface area contributed by atoms with E-state index in [1.54, 1.807) is 43.6 Å². The van der Waals surface area contributed by atoms with Gasteiger partial charge in [-0.3, -0.25) is 4.98 Å². The zero-order chi connectivity index (χ0) is 14.6. The lowest BCUT2D eigenvalue weighted by molar-refractivity contribution is 0.199. The lowest BCUT2D eigenvalue weighted by atomic mass is 10.1. The van der Waals surface area contributed by atoms with E-state index in [0.29, 0.717) is 5.56 Å². The van der Waals surface area contributed by atoms with E-state index in [4.69, 9.17) is 0 Å². The van der Waals surface area contributed by atoms with Crippen LogP contribution in [0.15, 0.2) is 53.7 Å². The summed E-state index contributed by atoms with van der Waals surface area (Å²) in [5, 5.41) is 9.40. The number of aromatic nitrogens is 1. The number of hydrogen-bond acceptors (Lipinski definition) is 4. The largest absolute Gasteiger partial charge is 0.389 e. The van der Waals surface area contributed by atoms with Gasteiger partial charge in [-0.2, -0.15) is 0 Å². The maximum Gasteiger partial charge on any atom is 0.240 e. The first-order valence-corrected chi connectivity index (χ1v) is 7.64. The molecule has 1 atom stereocenters. The molecule has 0 saturated heterocycles. The molecular weight excluding hydrogens is 276 g/mol. The monoisotopic (exact) mass is 292 g/mol. The number of rotatable bonds is 5. The van der Waals surface area contributed by atoms with Crippen LogP contribution in [-0.4, -0.2) is 18.5 Å². The molecule has 0 amide bonds. The van der Waals surface area contributed by atoms with Gasteiger partial charge in [-0.1, -0.05) is 18.2 Å². The molecule has 1 aromatic carbocycles. The van der Waals surface area contributed by atoms with Gasteiger partial charge in [-0.15, -0.1) is 0 Å². The molecule has 5 nitrogen and oxygen atoms in total. The molecule has 2 N–H and O–H groups in total. The van der Waals surface area contributed by atoms with E-state index >= 15 is 0 Å². The van der Waals surface area contributed by atoms with E-state index in [-0.39, 0.29) is 11.4 Å². The summed E-state index contributed by atoms with van der Waals surface area (Å²) >= 11 is 0. The number of pyridine rings is 1. The van der Waals surface area contributed by atoms with Crippen LogP contribution in [0.25, 0.3) is 0 Å². The summed E-state index contributed by atoms with van der Waals surface area (Å²) in [5.41, 5.74) is 1.47. The summed E-state index contributed by atoms with van der Waals surface area (Å²) in [5.74, 6) is 0. The van der Waals surface area contributed by atoms with E-state index in [1.165, 1.54) is 12.1 Å². The van der Waals surface area contributed by atoms with Crippen molar-refractivity contribution in [2.75, 3.05) is 0 Å². The van der Waals surface area contributed by atoms with Crippen LogP contribution < -0.4 is 4.72 Å². The average molecular weight is 292 g/mol. The molecule has 0 saturated carbocycles. The average Bonchev–Trinajstić information content (AvgIpc) is 2.46. The van der Waals surface area contributed by atoms with Gasteiger partial charge in [0.25, 0.3) is 0 Å². The predicted octanol–water partition coefficient (Wildman–Crippen LogP) is 1.61. The van der Waals surface area contributed by atoms with Crippen molar-refractivity contribution in [1.29, 1.82) is 0 Å². The molecule has 0 aliphatic heterocycles. The van der Waals surface area contributed by atoms with E-state index in [9.17, 15) is 13.5 Å². The van der Waals surface area contributed by atoms with Gasteiger partial charge in [-0.05, 0) is 36.2 Å². The smallest absolute Gasteiger partial charge is 0.240 e. The lowest BCUT2D eigenvalue weighted by Gasteiger charge is -2.08. The van der Waals surface area contributed by atoms with Crippen LogP contribution in [0.2, 0.25) is 0 Å². The topological polar surface area (TPSA) is 79.3 Å². The minimum atomic E-state index is -3.56. The molecule has 1 heterocycles. The molecule has 6 heteroatoms. The van der Waals surface area contributed by atoms with Gasteiger partial charge in [0.2, 0.25) is 10.0 Å². The molecule has 1 unspecified atom stereocenters. The Morgan fingerprint density at radius 2 is 1.95 bits per heavy atom. The molecule has 0 fully saturated rings. The van der Waals surface area contributed by atoms with Crippen molar-refractivity contribution in [1.82, 2.24) is 9.71 Å². The normalized spacial score (nSPS) is 13.1. The maximum absolute atomic E-state index is 12.1. The van der Waals surface area contributed by atoms with Gasteiger partial charge in [0.1, 0.15) is 0 Å². The fraction of sp³-hybridized carbons (Fsp3) is 0.214. The van der Waals surface area contributed by atoms with Crippen LogP contribution >= 0.6 is 0 Å². The molecule has 0 spiro atoms. The highest BCUT2D eigenvalue weighted by molar-refractivity contribution is 7.89. The zero-order valence-electron chi connectivity index (χ0n) is 11.0. The first-order valence-electron chi connectivity index (χ1n) is 6.15. The minimum absolute atomic E-state index is 0.172. The van der Waals surface area contributed by atoms with Crippen LogP contribution in [-0.2, 0) is 16.6 Å². The molecule has 2 rings (SSSR count). The first kappa shape index (κ1) is 14.6. The van der Waals surface area contributed by atoms with Crippen molar-refractivity contribution >= 4 is 10.0 Å². The number of aliphatic hydroxyl groups excluding tert-OH is 1. The third-order valence-corrected chi connectivity index (χ3v) is 4.28. The quantitative estimate of drug-likeness (QED) is 0.877. The van der Waals surface area contributed by atoms with Crippen molar-refractivity contribution in [3.8, 4) is 0 Å². The van der Waals surface area contributed by atoms with Crippen LogP contribution in [0.1, 0.15) is 24.2 Å².